The summed E-state index contributed by atoms with van der Waals surface area (Å²) in [5.74, 6) is 0. The molecule has 0 bridgehead atoms. The van der Waals surface area contributed by atoms with E-state index in [-0.39, 0.29) is 0 Å². The molecule has 5 heteroatoms. The van der Waals surface area contributed by atoms with Crippen molar-refractivity contribution >= 4 is 114 Å². The summed E-state index contributed by atoms with van der Waals surface area (Å²) < 4.78 is 18.6. The third kappa shape index (κ3) is 5.37. The Labute approximate surface area is 377 Å². The van der Waals surface area contributed by atoms with Gasteiger partial charge in [-0.05, 0) is 72.3 Å². The maximum absolute atomic E-state index is 7.11. The first-order valence-corrected chi connectivity index (χ1v) is 22.8. The lowest BCUT2D eigenvalue weighted by atomic mass is 9.97. The van der Waals surface area contributed by atoms with Gasteiger partial charge >= 0.3 is 0 Å². The molecule has 0 spiro atoms. The van der Waals surface area contributed by atoms with Crippen molar-refractivity contribution in [2.75, 3.05) is 4.90 Å². The minimum atomic E-state index is 0.841. The van der Waals surface area contributed by atoms with Crippen molar-refractivity contribution in [2.45, 2.75) is 0 Å². The Morgan fingerprint density at radius 1 is 0.385 bits per heavy atom. The maximum atomic E-state index is 7.11. The summed E-state index contributed by atoms with van der Waals surface area (Å²) in [5.41, 5.74) is 14.3. The molecule has 0 saturated carbocycles. The first kappa shape index (κ1) is 36.1. The Morgan fingerprint density at radius 2 is 0.985 bits per heavy atom. The number of hydrogen-bond acceptors (Lipinski definition) is 4. The van der Waals surface area contributed by atoms with Gasteiger partial charge in [-0.25, -0.2) is 0 Å². The number of nitrogens with zero attached hydrogens (tertiary/aromatic N) is 2. The summed E-state index contributed by atoms with van der Waals surface area (Å²) in [4.78, 5) is 2.45. The number of anilines is 3. The fraction of sp³-hybridized carbons (Fsp3) is 0. The van der Waals surface area contributed by atoms with Crippen LogP contribution in [0.3, 0.4) is 0 Å². The maximum Gasteiger partial charge on any atom is 0.145 e. The fourth-order valence-corrected chi connectivity index (χ4v) is 11.6. The number of fused-ring (bicyclic) bond motifs is 12. The van der Waals surface area contributed by atoms with Crippen LogP contribution in [0.15, 0.2) is 227 Å². The fourth-order valence-electron chi connectivity index (χ4n) is 10.4. The van der Waals surface area contributed by atoms with E-state index in [1.54, 1.807) is 0 Å². The van der Waals surface area contributed by atoms with E-state index >= 15 is 0 Å². The molecule has 4 heterocycles. The highest BCUT2D eigenvalue weighted by molar-refractivity contribution is 7.26. The van der Waals surface area contributed by atoms with Gasteiger partial charge in [0.2, 0.25) is 0 Å². The zero-order valence-electron chi connectivity index (χ0n) is 34.9. The average Bonchev–Trinajstić information content (AvgIpc) is 4.14. The van der Waals surface area contributed by atoms with Gasteiger partial charge in [-0.3, -0.25) is 0 Å². The number of para-hydroxylation sites is 6. The van der Waals surface area contributed by atoms with E-state index in [0.29, 0.717) is 0 Å². The van der Waals surface area contributed by atoms with Crippen LogP contribution in [0.2, 0.25) is 0 Å². The molecule has 0 atom stereocenters. The van der Waals surface area contributed by atoms with Gasteiger partial charge in [-0.15, -0.1) is 11.3 Å². The van der Waals surface area contributed by atoms with E-state index in [2.05, 4.69) is 222 Å². The normalized spacial score (nSPS) is 12.0. The number of furan rings is 2. The van der Waals surface area contributed by atoms with Crippen molar-refractivity contribution in [3.05, 3.63) is 218 Å². The van der Waals surface area contributed by atoms with Crippen molar-refractivity contribution < 1.29 is 8.83 Å². The van der Waals surface area contributed by atoms with Crippen LogP contribution in [0.4, 0.5) is 17.1 Å². The predicted molar refractivity (Wildman–Crippen MR) is 274 cm³/mol. The van der Waals surface area contributed by atoms with Crippen LogP contribution in [0.5, 0.6) is 0 Å². The molecular formula is C60H36N2O2S. The molecule has 14 rings (SSSR count). The first-order chi connectivity index (χ1) is 32.3. The van der Waals surface area contributed by atoms with Crippen molar-refractivity contribution in [2.24, 2.45) is 0 Å². The van der Waals surface area contributed by atoms with E-state index in [1.165, 1.54) is 42.0 Å². The van der Waals surface area contributed by atoms with Crippen molar-refractivity contribution in [1.82, 2.24) is 4.57 Å². The Morgan fingerprint density at radius 3 is 1.82 bits per heavy atom. The highest BCUT2D eigenvalue weighted by atomic mass is 32.1. The zero-order valence-corrected chi connectivity index (χ0v) is 35.7. The minimum Gasteiger partial charge on any atom is -0.455 e. The topological polar surface area (TPSA) is 34.5 Å². The molecule has 304 valence electrons. The predicted octanol–water partition coefficient (Wildman–Crippen LogP) is 17.8. The Kier molecular flexibility index (Phi) is 7.82. The second kappa shape index (κ2) is 14.1. The molecule has 14 aromatic rings. The van der Waals surface area contributed by atoms with Gasteiger partial charge in [0.15, 0.2) is 0 Å². The summed E-state index contributed by atoms with van der Waals surface area (Å²) >= 11 is 1.84. The van der Waals surface area contributed by atoms with Gasteiger partial charge in [-0.1, -0.05) is 152 Å². The molecule has 0 unspecified atom stereocenters. The van der Waals surface area contributed by atoms with Gasteiger partial charge in [0.1, 0.15) is 22.3 Å². The summed E-state index contributed by atoms with van der Waals surface area (Å²) in [6, 6.07) is 78.3. The van der Waals surface area contributed by atoms with Crippen molar-refractivity contribution in [3.63, 3.8) is 0 Å². The van der Waals surface area contributed by atoms with E-state index in [4.69, 9.17) is 8.83 Å². The van der Waals surface area contributed by atoms with Crippen molar-refractivity contribution in [1.29, 1.82) is 0 Å². The Hall–Kier alpha value is -8.38. The van der Waals surface area contributed by atoms with Crippen LogP contribution >= 0.6 is 11.3 Å². The lowest BCUT2D eigenvalue weighted by Gasteiger charge is -2.28. The molecule has 0 radical (unpaired) electrons. The Bertz CT molecular complexity index is 4170. The van der Waals surface area contributed by atoms with Crippen LogP contribution in [-0.2, 0) is 0 Å². The summed E-state index contributed by atoms with van der Waals surface area (Å²) in [6.45, 7) is 0. The summed E-state index contributed by atoms with van der Waals surface area (Å²) in [7, 11) is 0. The molecule has 0 saturated heterocycles. The third-order valence-corrected chi connectivity index (χ3v) is 14.4. The lowest BCUT2D eigenvalue weighted by molar-refractivity contribution is 0.669. The summed E-state index contributed by atoms with van der Waals surface area (Å²) in [5, 5.41) is 9.30. The highest BCUT2D eigenvalue weighted by Gasteiger charge is 2.26. The second-order valence-corrected chi connectivity index (χ2v) is 17.8. The quantitative estimate of drug-likeness (QED) is 0.167. The molecule has 65 heavy (non-hydrogen) atoms. The molecule has 0 fully saturated rings. The summed E-state index contributed by atoms with van der Waals surface area (Å²) in [6.07, 6.45) is 0. The van der Waals surface area contributed by atoms with Crippen LogP contribution in [0, 0.1) is 0 Å². The number of rotatable bonds is 6. The number of benzene rings is 10. The SMILES string of the molecule is c1cc(-c2cccc3c2oc2ccccc23)cc(N(c2cccc3c2sc2ccccc23)c2ccc(-c3ccccc3-n3c4ccccc4c4ccccc43)c3oc4ccccc4c23)c1. The average molecular weight is 849 g/mol. The van der Waals surface area contributed by atoms with Gasteiger partial charge in [0.05, 0.1) is 38.2 Å². The molecule has 4 aromatic heterocycles. The van der Waals surface area contributed by atoms with E-state index in [9.17, 15) is 0 Å². The largest absolute Gasteiger partial charge is 0.455 e. The molecule has 0 N–H and O–H groups in total. The van der Waals surface area contributed by atoms with Crippen LogP contribution < -0.4 is 4.90 Å². The van der Waals surface area contributed by atoms with E-state index < -0.39 is 0 Å². The molecular weight excluding hydrogens is 813 g/mol. The van der Waals surface area contributed by atoms with Gasteiger partial charge in [-0.2, -0.15) is 0 Å². The number of thiophene rings is 1. The molecule has 10 aromatic carbocycles. The zero-order chi connectivity index (χ0) is 42.6. The monoisotopic (exact) mass is 848 g/mol. The number of hydrogen-bond donors (Lipinski definition) is 0. The molecule has 4 nitrogen and oxygen atoms in total. The van der Waals surface area contributed by atoms with Crippen LogP contribution in [-0.4, -0.2) is 4.57 Å². The van der Waals surface area contributed by atoms with Crippen molar-refractivity contribution in [3.8, 4) is 27.9 Å². The standard InChI is InChI=1S/C60H36N2O2S/c1-7-27-49-40(18-1)41-19-2-8-28-50(41)62(49)51-29-9-3-20-42(51)46-34-35-52(57-48-23-5-11-32-55(48)64-59(46)57)61(53-30-15-26-47-44-22-6-12-33-56(44)65-60(47)53)38-17-13-16-37(36-38)39-24-14-25-45-43-21-4-10-31-54(43)63-58(39)45/h1-36H. The third-order valence-electron chi connectivity index (χ3n) is 13.2. The first-order valence-electron chi connectivity index (χ1n) is 22.0. The van der Waals surface area contributed by atoms with Gasteiger partial charge < -0.3 is 18.3 Å². The van der Waals surface area contributed by atoms with E-state index in [1.807, 2.05) is 17.4 Å². The minimum absolute atomic E-state index is 0.841. The van der Waals surface area contributed by atoms with Gasteiger partial charge in [0.25, 0.3) is 0 Å². The highest BCUT2D eigenvalue weighted by Crippen LogP contribution is 2.51. The number of aromatic nitrogens is 1. The van der Waals surface area contributed by atoms with Gasteiger partial charge in [0, 0.05) is 64.8 Å². The lowest BCUT2D eigenvalue weighted by Crippen LogP contribution is -2.11. The molecule has 0 aliphatic carbocycles. The molecule has 0 aliphatic rings. The van der Waals surface area contributed by atoms with E-state index in [0.717, 1.165) is 88.9 Å². The second-order valence-electron chi connectivity index (χ2n) is 16.7. The molecule has 0 amide bonds. The van der Waals surface area contributed by atoms with Crippen LogP contribution in [0.25, 0.3) is 114 Å². The van der Waals surface area contributed by atoms with Crippen LogP contribution in [0.1, 0.15) is 0 Å². The molecule has 0 aliphatic heterocycles. The Balaban J connectivity index is 1.05. The smallest absolute Gasteiger partial charge is 0.145 e.